The van der Waals surface area contributed by atoms with Gasteiger partial charge < -0.3 is 14.5 Å². The van der Waals surface area contributed by atoms with E-state index < -0.39 is 0 Å². The first-order valence-electron chi connectivity index (χ1n) is 9.77. The lowest BCUT2D eigenvalue weighted by atomic mass is 9.71. The smallest absolute Gasteiger partial charge is 0.236 e. The molecule has 0 aliphatic carbocycles. The fraction of sp³-hybridized carbons (Fsp3) is 0.667. The van der Waals surface area contributed by atoms with Crippen LogP contribution in [0.15, 0.2) is 24.3 Å². The van der Waals surface area contributed by atoms with E-state index in [4.69, 9.17) is 4.74 Å². The second-order valence-corrected chi connectivity index (χ2v) is 8.25. The largest absolute Gasteiger partial charge is 0.497 e. The first-order chi connectivity index (χ1) is 12.5. The highest BCUT2D eigenvalue weighted by Crippen LogP contribution is 2.41. The third-order valence-electron chi connectivity index (χ3n) is 6.09. The lowest BCUT2D eigenvalue weighted by Gasteiger charge is -2.47. The molecular weight excluding hydrogens is 326 g/mol. The molecule has 144 valence electrons. The maximum Gasteiger partial charge on any atom is 0.236 e. The van der Waals surface area contributed by atoms with Gasteiger partial charge in [0.1, 0.15) is 5.75 Å². The van der Waals surface area contributed by atoms with Gasteiger partial charge in [-0.15, -0.1) is 0 Å². The van der Waals surface area contributed by atoms with Crippen molar-refractivity contribution >= 4 is 5.91 Å². The van der Waals surface area contributed by atoms with E-state index in [2.05, 4.69) is 28.0 Å². The number of rotatable bonds is 5. The van der Waals surface area contributed by atoms with E-state index in [1.54, 1.807) is 7.11 Å². The van der Waals surface area contributed by atoms with Crippen LogP contribution in [0.25, 0.3) is 0 Å². The predicted molar refractivity (Wildman–Crippen MR) is 104 cm³/mol. The first-order valence-corrected chi connectivity index (χ1v) is 9.77. The second-order valence-electron chi connectivity index (χ2n) is 8.25. The molecule has 2 aliphatic rings. The van der Waals surface area contributed by atoms with Crippen LogP contribution < -0.4 is 4.74 Å². The molecule has 26 heavy (non-hydrogen) atoms. The maximum absolute atomic E-state index is 12.3. The molecule has 0 unspecified atom stereocenters. The van der Waals surface area contributed by atoms with Crippen molar-refractivity contribution < 1.29 is 9.53 Å². The number of hydrogen-bond donors (Lipinski definition) is 0. The summed E-state index contributed by atoms with van der Waals surface area (Å²) >= 11 is 0. The molecule has 1 aromatic carbocycles. The van der Waals surface area contributed by atoms with E-state index in [1.165, 1.54) is 31.2 Å². The van der Waals surface area contributed by atoms with E-state index in [1.807, 2.05) is 25.1 Å². The monoisotopic (exact) mass is 359 g/mol. The number of hydrogen-bond acceptors (Lipinski definition) is 4. The summed E-state index contributed by atoms with van der Waals surface area (Å²) < 4.78 is 5.33. The molecule has 5 nitrogen and oxygen atoms in total. The van der Waals surface area contributed by atoms with Crippen LogP contribution in [0.3, 0.4) is 0 Å². The number of benzene rings is 1. The Kier molecular flexibility index (Phi) is 6.20. The van der Waals surface area contributed by atoms with Gasteiger partial charge in [0.25, 0.3) is 0 Å². The average molecular weight is 360 g/mol. The van der Waals surface area contributed by atoms with Gasteiger partial charge in [-0.3, -0.25) is 9.69 Å². The normalized spacial score (nSPS) is 20.5. The molecular formula is C21H33N3O2. The number of methoxy groups -OCH3 is 1. The van der Waals surface area contributed by atoms with Crippen LogP contribution >= 0.6 is 0 Å². The fourth-order valence-electron chi connectivity index (χ4n) is 4.32. The molecule has 2 saturated heterocycles. The molecule has 2 heterocycles. The Morgan fingerprint density at radius 2 is 1.77 bits per heavy atom. The Morgan fingerprint density at radius 1 is 1.12 bits per heavy atom. The maximum atomic E-state index is 12.3. The molecule has 0 radical (unpaired) electrons. The molecule has 0 N–H and O–H groups in total. The van der Waals surface area contributed by atoms with Gasteiger partial charge in [0.2, 0.25) is 5.91 Å². The van der Waals surface area contributed by atoms with E-state index in [0.717, 1.165) is 38.5 Å². The van der Waals surface area contributed by atoms with Gasteiger partial charge in [0, 0.05) is 19.6 Å². The molecule has 1 aromatic rings. The second kappa shape index (κ2) is 8.40. The third-order valence-corrected chi connectivity index (χ3v) is 6.09. The first kappa shape index (κ1) is 19.2. The number of ether oxygens (including phenoxy) is 1. The molecule has 3 rings (SSSR count). The van der Waals surface area contributed by atoms with Crippen molar-refractivity contribution in [2.24, 2.45) is 5.41 Å². The summed E-state index contributed by atoms with van der Waals surface area (Å²) in [5, 5.41) is 0. The summed E-state index contributed by atoms with van der Waals surface area (Å²) in [5.41, 5.74) is 1.78. The number of nitrogens with zero attached hydrogens (tertiary/aromatic N) is 3. The van der Waals surface area contributed by atoms with Crippen molar-refractivity contribution in [1.29, 1.82) is 0 Å². The Bertz CT molecular complexity index is 599. The van der Waals surface area contributed by atoms with Crippen LogP contribution in [0.4, 0.5) is 0 Å². The zero-order chi connectivity index (χ0) is 18.6. The van der Waals surface area contributed by atoms with Crippen LogP contribution in [-0.2, 0) is 11.3 Å². The number of carbonyl (C=O) groups excluding carboxylic acids is 1. The van der Waals surface area contributed by atoms with Gasteiger partial charge in [-0.05, 0) is 76.0 Å². The van der Waals surface area contributed by atoms with E-state index in [0.29, 0.717) is 12.0 Å². The topological polar surface area (TPSA) is 36.0 Å². The molecule has 0 aromatic heterocycles. The van der Waals surface area contributed by atoms with Crippen molar-refractivity contribution in [1.82, 2.24) is 14.7 Å². The Hall–Kier alpha value is -1.59. The Labute approximate surface area is 157 Å². The molecule has 5 heteroatoms. The summed E-state index contributed by atoms with van der Waals surface area (Å²) in [7, 11) is 5.64. The molecule has 0 atom stereocenters. The lowest BCUT2D eigenvalue weighted by Crippen LogP contribution is -2.49. The Morgan fingerprint density at radius 3 is 2.38 bits per heavy atom. The van der Waals surface area contributed by atoms with Gasteiger partial charge in [-0.25, -0.2) is 0 Å². The predicted octanol–water partition coefficient (Wildman–Crippen LogP) is 2.46. The highest BCUT2D eigenvalue weighted by Gasteiger charge is 2.38. The molecule has 1 spiro atoms. The van der Waals surface area contributed by atoms with Crippen molar-refractivity contribution in [3.63, 3.8) is 0 Å². The van der Waals surface area contributed by atoms with Crippen molar-refractivity contribution in [2.45, 2.75) is 32.2 Å². The summed E-state index contributed by atoms with van der Waals surface area (Å²) in [6.45, 7) is 5.71. The zero-order valence-corrected chi connectivity index (χ0v) is 16.5. The number of amides is 1. The summed E-state index contributed by atoms with van der Waals surface area (Å²) in [5.74, 6) is 1.21. The summed E-state index contributed by atoms with van der Waals surface area (Å²) in [4.78, 5) is 18.8. The zero-order valence-electron chi connectivity index (χ0n) is 16.5. The van der Waals surface area contributed by atoms with Crippen LogP contribution in [0.2, 0.25) is 0 Å². The minimum atomic E-state index is 0.278. The number of piperidine rings is 2. The standard InChI is InChI=1S/C21H33N3O2/c1-22(2)17-20(25)24-13-9-21(10-14-24)7-11-23(12-8-21)16-18-5-4-6-19(15-18)26-3/h4-6,15H,7-14,16-17H2,1-3H3. The fourth-order valence-corrected chi connectivity index (χ4v) is 4.32. The van der Waals surface area contributed by atoms with Gasteiger partial charge in [0.15, 0.2) is 0 Å². The Balaban J connectivity index is 1.47. The van der Waals surface area contributed by atoms with Gasteiger partial charge in [-0.2, -0.15) is 0 Å². The number of likely N-dealkylation sites (tertiary alicyclic amines) is 2. The van der Waals surface area contributed by atoms with Crippen LogP contribution in [0.5, 0.6) is 5.75 Å². The van der Waals surface area contributed by atoms with E-state index in [-0.39, 0.29) is 5.91 Å². The summed E-state index contributed by atoms with van der Waals surface area (Å²) in [6.07, 6.45) is 4.84. The molecule has 2 aliphatic heterocycles. The lowest BCUT2D eigenvalue weighted by molar-refractivity contribution is -0.134. The number of likely N-dealkylation sites (N-methyl/N-ethyl adjacent to an activating group) is 1. The highest BCUT2D eigenvalue weighted by molar-refractivity contribution is 5.78. The van der Waals surface area contributed by atoms with Gasteiger partial charge >= 0.3 is 0 Å². The average Bonchev–Trinajstić information content (AvgIpc) is 2.64. The van der Waals surface area contributed by atoms with Gasteiger partial charge in [-0.1, -0.05) is 12.1 Å². The molecule has 0 bridgehead atoms. The quantitative estimate of drug-likeness (QED) is 0.809. The van der Waals surface area contributed by atoms with E-state index >= 15 is 0 Å². The van der Waals surface area contributed by atoms with E-state index in [9.17, 15) is 4.79 Å². The van der Waals surface area contributed by atoms with Crippen molar-refractivity contribution in [3.8, 4) is 5.75 Å². The van der Waals surface area contributed by atoms with Gasteiger partial charge in [0.05, 0.1) is 13.7 Å². The third kappa shape index (κ3) is 4.77. The molecule has 1 amide bonds. The van der Waals surface area contributed by atoms with Crippen molar-refractivity contribution in [3.05, 3.63) is 29.8 Å². The molecule has 0 saturated carbocycles. The van der Waals surface area contributed by atoms with Crippen LogP contribution in [-0.4, -0.2) is 74.5 Å². The minimum Gasteiger partial charge on any atom is -0.497 e. The minimum absolute atomic E-state index is 0.278. The summed E-state index contributed by atoms with van der Waals surface area (Å²) in [6, 6.07) is 8.39. The van der Waals surface area contributed by atoms with Crippen molar-refractivity contribution in [2.75, 3.05) is 53.9 Å². The molecule has 2 fully saturated rings. The number of carbonyl (C=O) groups is 1. The highest BCUT2D eigenvalue weighted by atomic mass is 16.5. The van der Waals surface area contributed by atoms with Crippen LogP contribution in [0, 0.1) is 5.41 Å². The van der Waals surface area contributed by atoms with Crippen LogP contribution in [0.1, 0.15) is 31.2 Å². The SMILES string of the molecule is COc1cccc(CN2CCC3(CC2)CCN(C(=O)CN(C)C)CC3)c1.